The number of unbranched alkanes of at least 4 members (excludes halogenated alkanes) is 63. The SMILES string of the molecule is CCCCCCCCCC/C=C\CCCCCCCCCCCCCCCCCCCCCCCCCCCCCCCC(=O)NC(COC1OC(CO)C(OC2OC(CO)C(O)C(O)C2O)C(O)C1O)C(O)/C=C/CCCCCCCCCCCCCCCCCCCCCCCCCCCC. The van der Waals surface area contributed by atoms with Crippen molar-refractivity contribution < 1.29 is 64.6 Å². The van der Waals surface area contributed by atoms with Crippen LogP contribution in [-0.4, -0.2) is 140 Å². The second-order valence-electron chi connectivity index (χ2n) is 32.1. The highest BCUT2D eigenvalue weighted by atomic mass is 16.7. The van der Waals surface area contributed by atoms with Crippen molar-refractivity contribution in [2.75, 3.05) is 19.8 Å². The highest BCUT2D eigenvalue weighted by Crippen LogP contribution is 2.31. The molecule has 2 aliphatic heterocycles. The van der Waals surface area contributed by atoms with E-state index in [1.54, 1.807) is 6.08 Å². The lowest BCUT2D eigenvalue weighted by Gasteiger charge is -2.46. The highest BCUT2D eigenvalue weighted by molar-refractivity contribution is 5.76. The monoisotopic (exact) mass is 1460 g/mol. The van der Waals surface area contributed by atoms with Crippen molar-refractivity contribution in [3.05, 3.63) is 24.3 Å². The molecule has 2 saturated heterocycles. The first kappa shape index (κ1) is 97.5. The van der Waals surface area contributed by atoms with E-state index in [-0.39, 0.29) is 18.9 Å². The molecule has 1 amide bonds. The van der Waals surface area contributed by atoms with Crippen molar-refractivity contribution in [3.63, 3.8) is 0 Å². The third kappa shape index (κ3) is 55.5. The summed E-state index contributed by atoms with van der Waals surface area (Å²) in [5.74, 6) is -0.228. The van der Waals surface area contributed by atoms with Gasteiger partial charge in [0.05, 0.1) is 32.0 Å². The Labute approximate surface area is 634 Å². The number of amides is 1. The van der Waals surface area contributed by atoms with Crippen LogP contribution in [0.2, 0.25) is 0 Å². The Kier molecular flexibility index (Phi) is 69.4. The molecule has 0 aliphatic carbocycles. The normalized spacial score (nSPS) is 21.6. The van der Waals surface area contributed by atoms with E-state index in [0.717, 1.165) is 38.5 Å². The minimum absolute atomic E-state index is 0.228. The molecule has 0 bridgehead atoms. The van der Waals surface area contributed by atoms with Crippen LogP contribution in [0.5, 0.6) is 0 Å². The molecule has 14 nitrogen and oxygen atoms in total. The van der Waals surface area contributed by atoms with E-state index in [2.05, 4.69) is 31.3 Å². The van der Waals surface area contributed by atoms with E-state index in [4.69, 9.17) is 18.9 Å². The van der Waals surface area contributed by atoms with Crippen LogP contribution in [0, 0.1) is 0 Å². The number of ether oxygens (including phenoxy) is 4. The third-order valence-corrected chi connectivity index (χ3v) is 22.4. The summed E-state index contributed by atoms with van der Waals surface area (Å²) in [6.07, 6.45) is 80.2. The second kappa shape index (κ2) is 73.3. The molecule has 0 aromatic heterocycles. The molecular formula is C89H171NO13. The maximum absolute atomic E-state index is 13.4. The Hall–Kier alpha value is -1.53. The molecule has 14 heteroatoms. The smallest absolute Gasteiger partial charge is 0.220 e. The van der Waals surface area contributed by atoms with Gasteiger partial charge in [0.1, 0.15) is 48.8 Å². The van der Waals surface area contributed by atoms with Crippen molar-refractivity contribution in [2.24, 2.45) is 0 Å². The lowest BCUT2D eigenvalue weighted by atomic mass is 9.97. The maximum atomic E-state index is 13.4. The zero-order valence-corrected chi connectivity index (χ0v) is 67.4. The molecule has 0 aromatic carbocycles. The number of nitrogens with one attached hydrogen (secondary N) is 1. The summed E-state index contributed by atoms with van der Waals surface area (Å²) in [4.78, 5) is 13.4. The van der Waals surface area contributed by atoms with Gasteiger partial charge in [-0.2, -0.15) is 0 Å². The van der Waals surface area contributed by atoms with E-state index >= 15 is 0 Å². The standard InChI is InChI=1S/C89H171NO13/c1-3-5-7-9-11-13-15-17-19-21-23-25-27-29-31-33-34-35-36-37-38-39-40-41-42-43-44-45-47-49-51-53-55-57-59-61-63-65-67-69-71-73-81(94)90-77(76-100-88-86(99)84(97)87(80(75-92)102-88)103-89-85(98)83(96)82(95)79(74-91)101-89)78(93)72-70-68-66-64-62-60-58-56-54-52-50-48-46-32-30-28-26-24-22-20-18-16-14-12-10-8-6-4-2/h21,23,70,72,77-80,82-89,91-93,95-99H,3-20,22,24-69,71,73-76H2,1-2H3,(H,90,94)/b23-21-,72-70+. The molecule has 12 unspecified atom stereocenters. The van der Waals surface area contributed by atoms with E-state index in [9.17, 15) is 45.6 Å². The molecule has 0 aromatic rings. The average molecular weight is 1460 g/mol. The van der Waals surface area contributed by atoms with Crippen molar-refractivity contribution in [3.8, 4) is 0 Å². The average Bonchev–Trinajstić information content (AvgIpc) is 0.791. The van der Waals surface area contributed by atoms with Gasteiger partial charge in [0.25, 0.3) is 0 Å². The van der Waals surface area contributed by atoms with Gasteiger partial charge in [0.15, 0.2) is 12.6 Å². The largest absolute Gasteiger partial charge is 0.394 e. The molecule has 9 N–H and O–H groups in total. The lowest BCUT2D eigenvalue weighted by molar-refractivity contribution is -0.359. The van der Waals surface area contributed by atoms with Crippen LogP contribution in [0.25, 0.3) is 0 Å². The summed E-state index contributed by atoms with van der Waals surface area (Å²) >= 11 is 0. The molecule has 2 rings (SSSR count). The number of hydrogen-bond acceptors (Lipinski definition) is 13. The van der Waals surface area contributed by atoms with Crippen LogP contribution in [0.4, 0.5) is 0 Å². The fraction of sp³-hybridized carbons (Fsp3) is 0.944. The maximum Gasteiger partial charge on any atom is 0.220 e. The molecule has 0 saturated carbocycles. The number of carbonyl (C=O) groups is 1. The predicted octanol–water partition coefficient (Wildman–Crippen LogP) is 21.8. The Morgan fingerprint density at radius 1 is 0.340 bits per heavy atom. The lowest BCUT2D eigenvalue weighted by Crippen LogP contribution is -2.65. The molecule has 0 radical (unpaired) electrons. The first-order valence-electron chi connectivity index (χ1n) is 45.1. The molecular weight excluding hydrogens is 1290 g/mol. The molecule has 610 valence electrons. The van der Waals surface area contributed by atoms with Crippen LogP contribution in [0.3, 0.4) is 0 Å². The van der Waals surface area contributed by atoms with Gasteiger partial charge >= 0.3 is 0 Å². The Morgan fingerprint density at radius 2 is 0.612 bits per heavy atom. The highest BCUT2D eigenvalue weighted by Gasteiger charge is 2.51. The Balaban J connectivity index is 1.54. The topological polar surface area (TPSA) is 228 Å². The fourth-order valence-electron chi connectivity index (χ4n) is 15.3. The van der Waals surface area contributed by atoms with E-state index in [1.165, 1.54) is 379 Å². The molecule has 2 heterocycles. The van der Waals surface area contributed by atoms with Gasteiger partial charge in [0, 0.05) is 6.42 Å². The van der Waals surface area contributed by atoms with Crippen molar-refractivity contribution in [1.29, 1.82) is 0 Å². The molecule has 103 heavy (non-hydrogen) atoms. The van der Waals surface area contributed by atoms with Gasteiger partial charge in [-0.25, -0.2) is 0 Å². The quantitative estimate of drug-likeness (QED) is 0.0204. The van der Waals surface area contributed by atoms with E-state index in [0.29, 0.717) is 6.42 Å². The van der Waals surface area contributed by atoms with Gasteiger partial charge in [-0.05, 0) is 44.9 Å². The Bertz CT molecular complexity index is 1820. The number of rotatable bonds is 78. The first-order chi connectivity index (χ1) is 50.6. The summed E-state index contributed by atoms with van der Waals surface area (Å²) in [5, 5.41) is 87.8. The zero-order chi connectivity index (χ0) is 74.4. The Morgan fingerprint density at radius 3 is 0.922 bits per heavy atom. The zero-order valence-electron chi connectivity index (χ0n) is 67.4. The van der Waals surface area contributed by atoms with Crippen molar-refractivity contribution >= 4 is 5.91 Å². The van der Waals surface area contributed by atoms with Gasteiger partial charge in [-0.15, -0.1) is 0 Å². The summed E-state index contributed by atoms with van der Waals surface area (Å²) in [7, 11) is 0. The number of allylic oxidation sites excluding steroid dienone is 3. The van der Waals surface area contributed by atoms with Crippen LogP contribution < -0.4 is 5.32 Å². The number of carbonyl (C=O) groups excluding carboxylic acids is 1. The van der Waals surface area contributed by atoms with E-state index in [1.807, 2.05) is 6.08 Å². The summed E-state index contributed by atoms with van der Waals surface area (Å²) in [6.45, 7) is 2.88. The van der Waals surface area contributed by atoms with Gasteiger partial charge in [-0.1, -0.05) is 417 Å². The minimum atomic E-state index is -1.79. The van der Waals surface area contributed by atoms with Crippen LogP contribution >= 0.6 is 0 Å². The minimum Gasteiger partial charge on any atom is -0.394 e. The molecule has 2 fully saturated rings. The summed E-state index contributed by atoms with van der Waals surface area (Å²) < 4.78 is 23.0. The van der Waals surface area contributed by atoms with Crippen LogP contribution in [-0.2, 0) is 23.7 Å². The van der Waals surface area contributed by atoms with Gasteiger partial charge in [-0.3, -0.25) is 4.79 Å². The van der Waals surface area contributed by atoms with Gasteiger partial charge in [0.2, 0.25) is 5.91 Å². The predicted molar refractivity (Wildman–Crippen MR) is 429 cm³/mol. The third-order valence-electron chi connectivity index (χ3n) is 22.4. The van der Waals surface area contributed by atoms with Crippen molar-refractivity contribution in [2.45, 2.75) is 518 Å². The first-order valence-corrected chi connectivity index (χ1v) is 45.1. The van der Waals surface area contributed by atoms with Crippen LogP contribution in [0.1, 0.15) is 444 Å². The van der Waals surface area contributed by atoms with E-state index < -0.39 is 86.8 Å². The van der Waals surface area contributed by atoms with Crippen molar-refractivity contribution in [1.82, 2.24) is 5.32 Å². The number of aliphatic hydroxyl groups excluding tert-OH is 8. The van der Waals surface area contributed by atoms with Gasteiger partial charge < -0.3 is 65.1 Å². The molecule has 0 spiro atoms. The summed E-state index contributed by atoms with van der Waals surface area (Å²) in [5.41, 5.74) is 0. The molecule has 2 aliphatic rings. The number of aliphatic hydroxyl groups is 8. The number of hydrogen-bond donors (Lipinski definition) is 9. The summed E-state index contributed by atoms with van der Waals surface area (Å²) in [6, 6.07) is -0.914. The molecule has 12 atom stereocenters. The second-order valence-corrected chi connectivity index (χ2v) is 32.1. The fourth-order valence-corrected chi connectivity index (χ4v) is 15.3. The van der Waals surface area contributed by atoms with Crippen LogP contribution in [0.15, 0.2) is 24.3 Å².